The zero-order chi connectivity index (χ0) is 24.1. The molecule has 0 unspecified atom stereocenters. The van der Waals surface area contributed by atoms with Crippen molar-refractivity contribution in [2.45, 2.75) is 18.9 Å². The van der Waals surface area contributed by atoms with Crippen molar-refractivity contribution >= 4 is 56.4 Å². The summed E-state index contributed by atoms with van der Waals surface area (Å²) in [6.45, 7) is 5.83. The van der Waals surface area contributed by atoms with Gasteiger partial charge in [-0.05, 0) is 68.6 Å². The van der Waals surface area contributed by atoms with Crippen LogP contribution >= 0.6 is 28.1 Å². The molecule has 0 spiro atoms. The van der Waals surface area contributed by atoms with Gasteiger partial charge in [-0.25, -0.2) is 0 Å². The molecule has 180 valence electrons. The summed E-state index contributed by atoms with van der Waals surface area (Å²) in [5, 5.41) is 3.37. The largest absolute Gasteiger partial charge is 0.336 e. The SMILES string of the molecule is CN1CCN(CCCN2C(=S)N(c3ccccc3)C(=O)[C@H]2CC(=O)Nc2ccc(Br)cc2)CC1. The van der Waals surface area contributed by atoms with Gasteiger partial charge in [0.1, 0.15) is 6.04 Å². The first-order valence-electron chi connectivity index (χ1n) is 11.6. The highest BCUT2D eigenvalue weighted by Crippen LogP contribution is 2.27. The molecule has 9 heteroatoms. The van der Waals surface area contributed by atoms with E-state index in [4.69, 9.17) is 12.2 Å². The van der Waals surface area contributed by atoms with E-state index in [-0.39, 0.29) is 18.2 Å². The Morgan fingerprint density at radius 2 is 1.71 bits per heavy atom. The average Bonchev–Trinajstić information content (AvgIpc) is 3.06. The van der Waals surface area contributed by atoms with Crippen molar-refractivity contribution in [2.75, 3.05) is 56.5 Å². The van der Waals surface area contributed by atoms with Crippen LogP contribution in [0.1, 0.15) is 12.8 Å². The first-order chi connectivity index (χ1) is 16.4. The number of halogens is 1. The van der Waals surface area contributed by atoms with E-state index in [1.165, 1.54) is 0 Å². The number of carbonyl (C=O) groups excluding carboxylic acids is 2. The standard InChI is InChI=1S/C25H30BrN5O2S/c1-28-14-16-29(17-15-28)12-5-13-30-22(18-23(32)27-20-10-8-19(26)9-11-20)24(33)31(25(30)34)21-6-3-2-4-7-21/h2-4,6-11,22H,5,12-18H2,1H3,(H,27,32)/t22-/m1/s1. The highest BCUT2D eigenvalue weighted by molar-refractivity contribution is 9.10. The molecule has 2 aliphatic rings. The first-order valence-corrected chi connectivity index (χ1v) is 12.8. The van der Waals surface area contributed by atoms with Crippen molar-refractivity contribution in [3.63, 3.8) is 0 Å². The molecule has 0 aliphatic carbocycles. The van der Waals surface area contributed by atoms with Gasteiger partial charge in [0.2, 0.25) is 5.91 Å². The minimum atomic E-state index is -0.615. The minimum Gasteiger partial charge on any atom is -0.336 e. The van der Waals surface area contributed by atoms with Crippen molar-refractivity contribution in [1.29, 1.82) is 0 Å². The molecule has 0 radical (unpaired) electrons. The van der Waals surface area contributed by atoms with E-state index in [2.05, 4.69) is 38.1 Å². The van der Waals surface area contributed by atoms with Gasteiger partial charge >= 0.3 is 0 Å². The summed E-state index contributed by atoms with van der Waals surface area (Å²) in [5.41, 5.74) is 1.43. The summed E-state index contributed by atoms with van der Waals surface area (Å²) in [4.78, 5) is 34.6. The molecule has 34 heavy (non-hydrogen) atoms. The Labute approximate surface area is 214 Å². The molecule has 1 N–H and O–H groups in total. The van der Waals surface area contributed by atoms with Crippen molar-refractivity contribution < 1.29 is 9.59 Å². The zero-order valence-corrected chi connectivity index (χ0v) is 21.7. The van der Waals surface area contributed by atoms with E-state index >= 15 is 0 Å². The second-order valence-corrected chi connectivity index (χ2v) is 10.0. The monoisotopic (exact) mass is 543 g/mol. The summed E-state index contributed by atoms with van der Waals surface area (Å²) in [6.07, 6.45) is 0.928. The summed E-state index contributed by atoms with van der Waals surface area (Å²) in [6, 6.07) is 16.2. The lowest BCUT2D eigenvalue weighted by Gasteiger charge is -2.33. The molecule has 2 aromatic carbocycles. The number of para-hydroxylation sites is 1. The van der Waals surface area contributed by atoms with Crippen LogP contribution in [-0.2, 0) is 9.59 Å². The molecule has 2 saturated heterocycles. The van der Waals surface area contributed by atoms with Gasteiger partial charge in [-0.15, -0.1) is 0 Å². The third-order valence-electron chi connectivity index (χ3n) is 6.31. The van der Waals surface area contributed by atoms with Crippen LogP contribution in [0.15, 0.2) is 59.1 Å². The molecule has 0 aromatic heterocycles. The number of likely N-dealkylation sites (N-methyl/N-ethyl adjacent to an activating group) is 1. The lowest BCUT2D eigenvalue weighted by Crippen LogP contribution is -2.45. The van der Waals surface area contributed by atoms with E-state index in [1.54, 1.807) is 4.90 Å². The van der Waals surface area contributed by atoms with Crippen LogP contribution in [0.25, 0.3) is 0 Å². The molecule has 4 rings (SSSR count). The van der Waals surface area contributed by atoms with Crippen LogP contribution in [-0.4, -0.2) is 84.0 Å². The van der Waals surface area contributed by atoms with Crippen LogP contribution in [0.3, 0.4) is 0 Å². The number of nitrogens with one attached hydrogen (secondary N) is 1. The van der Waals surface area contributed by atoms with E-state index < -0.39 is 6.04 Å². The zero-order valence-electron chi connectivity index (χ0n) is 19.3. The summed E-state index contributed by atoms with van der Waals surface area (Å²) >= 11 is 9.15. The predicted octanol–water partition coefficient (Wildman–Crippen LogP) is 3.42. The molecular formula is C25H30BrN5O2S. The van der Waals surface area contributed by atoms with Crippen molar-refractivity contribution in [3.8, 4) is 0 Å². The maximum atomic E-state index is 13.5. The Kier molecular flexibility index (Phi) is 8.31. The fourth-order valence-electron chi connectivity index (χ4n) is 4.36. The van der Waals surface area contributed by atoms with Crippen molar-refractivity contribution in [3.05, 3.63) is 59.1 Å². The van der Waals surface area contributed by atoms with E-state index in [0.29, 0.717) is 17.3 Å². The molecule has 2 aromatic rings. The Balaban J connectivity index is 1.44. The fraction of sp³-hybridized carbons (Fsp3) is 0.400. The van der Waals surface area contributed by atoms with Crippen LogP contribution in [0.4, 0.5) is 11.4 Å². The summed E-state index contributed by atoms with van der Waals surface area (Å²) in [7, 11) is 2.15. The summed E-state index contributed by atoms with van der Waals surface area (Å²) in [5.74, 6) is -0.357. The van der Waals surface area contributed by atoms with Crippen LogP contribution in [0.2, 0.25) is 0 Å². The number of hydrogen-bond acceptors (Lipinski definition) is 5. The average molecular weight is 545 g/mol. The number of amides is 2. The summed E-state index contributed by atoms with van der Waals surface area (Å²) < 4.78 is 0.937. The number of anilines is 2. The minimum absolute atomic E-state index is 0.0485. The fourth-order valence-corrected chi connectivity index (χ4v) is 5.04. The maximum absolute atomic E-state index is 13.5. The highest BCUT2D eigenvalue weighted by Gasteiger charge is 2.43. The number of piperazine rings is 1. The third-order valence-corrected chi connectivity index (χ3v) is 7.25. The van der Waals surface area contributed by atoms with Gasteiger partial charge < -0.3 is 20.0 Å². The predicted molar refractivity (Wildman–Crippen MR) is 143 cm³/mol. The third kappa shape index (κ3) is 6.02. The van der Waals surface area contributed by atoms with Gasteiger partial charge in [-0.3, -0.25) is 14.5 Å². The second kappa shape index (κ2) is 11.4. The number of benzene rings is 2. The molecule has 2 heterocycles. The lowest BCUT2D eigenvalue weighted by atomic mass is 10.1. The number of rotatable bonds is 8. The van der Waals surface area contributed by atoms with Crippen LogP contribution in [0, 0.1) is 0 Å². The number of hydrogen-bond donors (Lipinski definition) is 1. The lowest BCUT2D eigenvalue weighted by molar-refractivity contribution is -0.124. The van der Waals surface area contributed by atoms with Gasteiger partial charge in [-0.1, -0.05) is 34.1 Å². The van der Waals surface area contributed by atoms with Crippen molar-refractivity contribution in [1.82, 2.24) is 14.7 Å². The van der Waals surface area contributed by atoms with Crippen LogP contribution in [0.5, 0.6) is 0 Å². The van der Waals surface area contributed by atoms with Crippen LogP contribution < -0.4 is 10.2 Å². The smallest absolute Gasteiger partial charge is 0.256 e. The Bertz CT molecular complexity index is 1010. The molecule has 0 bridgehead atoms. The molecule has 2 aliphatic heterocycles. The Hall–Kier alpha value is -2.33. The highest BCUT2D eigenvalue weighted by atomic mass is 79.9. The molecule has 2 amide bonds. The van der Waals surface area contributed by atoms with Gasteiger partial charge in [0.15, 0.2) is 5.11 Å². The molecule has 0 saturated carbocycles. The quantitative estimate of drug-likeness (QED) is 0.515. The van der Waals surface area contributed by atoms with Gasteiger partial charge in [-0.2, -0.15) is 0 Å². The molecule has 7 nitrogen and oxygen atoms in total. The molecule has 1 atom stereocenters. The van der Waals surface area contributed by atoms with Gasteiger partial charge in [0.05, 0.1) is 12.1 Å². The molecule has 2 fully saturated rings. The van der Waals surface area contributed by atoms with Gasteiger partial charge in [0.25, 0.3) is 5.91 Å². The van der Waals surface area contributed by atoms with E-state index in [0.717, 1.165) is 49.3 Å². The Morgan fingerprint density at radius 1 is 1.03 bits per heavy atom. The van der Waals surface area contributed by atoms with Gasteiger partial charge in [0, 0.05) is 42.9 Å². The maximum Gasteiger partial charge on any atom is 0.256 e. The topological polar surface area (TPSA) is 59.1 Å². The number of carbonyl (C=O) groups is 2. The normalized spacial score (nSPS) is 19.6. The van der Waals surface area contributed by atoms with E-state index in [1.807, 2.05) is 59.5 Å². The second-order valence-electron chi connectivity index (χ2n) is 8.76. The van der Waals surface area contributed by atoms with E-state index in [9.17, 15) is 9.59 Å². The van der Waals surface area contributed by atoms with Crippen molar-refractivity contribution in [2.24, 2.45) is 0 Å². The number of thiocarbonyl (C=S) groups is 1. The first kappa shape index (κ1) is 24.8. The Morgan fingerprint density at radius 3 is 2.38 bits per heavy atom. The molecular weight excluding hydrogens is 514 g/mol. The number of nitrogens with zero attached hydrogens (tertiary/aromatic N) is 4.